The second-order valence-electron chi connectivity index (χ2n) is 7.67. The van der Waals surface area contributed by atoms with Gasteiger partial charge in [-0.25, -0.2) is 0 Å². The fourth-order valence-electron chi connectivity index (χ4n) is 4.54. The van der Waals surface area contributed by atoms with Crippen LogP contribution in [0.25, 0.3) is 0 Å². The van der Waals surface area contributed by atoms with E-state index in [1.54, 1.807) is 0 Å². The largest absolute Gasteiger partial charge is 0.353 e. The van der Waals surface area contributed by atoms with Crippen molar-refractivity contribution in [1.82, 2.24) is 20.4 Å². The molecule has 1 amide bonds. The first-order chi connectivity index (χ1) is 11.2. The number of hydrogen-bond acceptors (Lipinski definition) is 4. The van der Waals surface area contributed by atoms with Crippen LogP contribution in [-0.2, 0) is 4.79 Å². The molecule has 3 rings (SSSR count). The molecule has 0 aromatic rings. The van der Waals surface area contributed by atoms with Gasteiger partial charge in [-0.3, -0.25) is 9.69 Å². The van der Waals surface area contributed by atoms with Crippen LogP contribution >= 0.6 is 0 Å². The lowest BCUT2D eigenvalue weighted by molar-refractivity contribution is -0.123. The van der Waals surface area contributed by atoms with Crippen molar-refractivity contribution in [1.29, 1.82) is 0 Å². The highest BCUT2D eigenvalue weighted by molar-refractivity contribution is 5.82. The molecule has 2 heterocycles. The molecule has 0 aromatic heterocycles. The van der Waals surface area contributed by atoms with Crippen LogP contribution in [0.5, 0.6) is 0 Å². The SMILES string of the molecule is CCN1CCN(C(C)CNC(=O)C2CC3CCCCC3N2)CC1. The molecule has 2 aliphatic heterocycles. The predicted octanol–water partition coefficient (Wildman–Crippen LogP) is 1.05. The Bertz CT molecular complexity index is 380. The van der Waals surface area contributed by atoms with E-state index in [0.717, 1.165) is 51.6 Å². The van der Waals surface area contributed by atoms with Crippen molar-refractivity contribution in [3.05, 3.63) is 0 Å². The summed E-state index contributed by atoms with van der Waals surface area (Å²) in [6, 6.07) is 1.08. The molecule has 132 valence electrons. The third-order valence-electron chi connectivity index (χ3n) is 6.23. The molecule has 0 spiro atoms. The number of hydrogen-bond donors (Lipinski definition) is 2. The highest BCUT2D eigenvalue weighted by Gasteiger charge is 2.38. The summed E-state index contributed by atoms with van der Waals surface area (Å²) in [4.78, 5) is 17.5. The molecule has 3 aliphatic rings. The molecular weight excluding hydrogens is 288 g/mol. The van der Waals surface area contributed by atoms with Crippen molar-refractivity contribution >= 4 is 5.91 Å². The van der Waals surface area contributed by atoms with Gasteiger partial charge in [-0.2, -0.15) is 0 Å². The summed E-state index contributed by atoms with van der Waals surface area (Å²) >= 11 is 0. The standard InChI is InChI=1S/C18H34N4O/c1-3-21-8-10-22(11-9-21)14(2)13-19-18(23)17-12-15-6-4-5-7-16(15)20-17/h14-17,20H,3-13H2,1-2H3,(H,19,23). The van der Waals surface area contributed by atoms with Crippen molar-refractivity contribution in [3.8, 4) is 0 Å². The third kappa shape index (κ3) is 4.25. The molecule has 23 heavy (non-hydrogen) atoms. The smallest absolute Gasteiger partial charge is 0.237 e. The number of carbonyl (C=O) groups is 1. The van der Waals surface area contributed by atoms with Gasteiger partial charge in [0.2, 0.25) is 5.91 Å². The molecule has 4 unspecified atom stereocenters. The number of nitrogens with one attached hydrogen (secondary N) is 2. The van der Waals surface area contributed by atoms with Gasteiger partial charge in [0.15, 0.2) is 0 Å². The molecule has 1 aliphatic carbocycles. The Morgan fingerprint density at radius 2 is 1.96 bits per heavy atom. The van der Waals surface area contributed by atoms with E-state index in [4.69, 9.17) is 0 Å². The Morgan fingerprint density at radius 3 is 2.65 bits per heavy atom. The van der Waals surface area contributed by atoms with Crippen molar-refractivity contribution in [2.75, 3.05) is 39.3 Å². The summed E-state index contributed by atoms with van der Waals surface area (Å²) in [5.74, 6) is 0.956. The van der Waals surface area contributed by atoms with Crippen LogP contribution in [-0.4, -0.2) is 73.1 Å². The summed E-state index contributed by atoms with van der Waals surface area (Å²) in [6.45, 7) is 10.9. The molecule has 0 bridgehead atoms. The maximum atomic E-state index is 12.5. The zero-order valence-corrected chi connectivity index (χ0v) is 14.9. The molecule has 0 radical (unpaired) electrons. The van der Waals surface area contributed by atoms with E-state index >= 15 is 0 Å². The molecule has 1 saturated carbocycles. The number of carbonyl (C=O) groups excluding carboxylic acids is 1. The lowest BCUT2D eigenvalue weighted by atomic mass is 9.85. The van der Waals surface area contributed by atoms with E-state index in [9.17, 15) is 4.79 Å². The maximum absolute atomic E-state index is 12.5. The number of rotatable bonds is 5. The Balaban J connectivity index is 1.39. The quantitative estimate of drug-likeness (QED) is 0.794. The number of amides is 1. The third-order valence-corrected chi connectivity index (χ3v) is 6.23. The van der Waals surface area contributed by atoms with Crippen LogP contribution in [0.15, 0.2) is 0 Å². The second kappa shape index (κ2) is 7.95. The van der Waals surface area contributed by atoms with Gasteiger partial charge < -0.3 is 15.5 Å². The molecule has 0 aromatic carbocycles. The van der Waals surface area contributed by atoms with Gasteiger partial charge >= 0.3 is 0 Å². The number of piperazine rings is 1. The summed E-state index contributed by atoms with van der Waals surface area (Å²) in [7, 11) is 0. The van der Waals surface area contributed by atoms with Gasteiger partial charge in [-0.15, -0.1) is 0 Å². The van der Waals surface area contributed by atoms with Crippen LogP contribution in [0.2, 0.25) is 0 Å². The van der Waals surface area contributed by atoms with Crippen molar-refractivity contribution in [2.24, 2.45) is 5.92 Å². The van der Waals surface area contributed by atoms with E-state index in [-0.39, 0.29) is 11.9 Å². The first-order valence-electron chi connectivity index (χ1n) is 9.67. The minimum absolute atomic E-state index is 0.0484. The minimum atomic E-state index is 0.0484. The topological polar surface area (TPSA) is 47.6 Å². The van der Waals surface area contributed by atoms with E-state index in [1.165, 1.54) is 25.7 Å². The molecule has 2 N–H and O–H groups in total. The Kier molecular flexibility index (Phi) is 5.94. The van der Waals surface area contributed by atoms with Gasteiger partial charge in [-0.1, -0.05) is 19.8 Å². The minimum Gasteiger partial charge on any atom is -0.353 e. The predicted molar refractivity (Wildman–Crippen MR) is 93.4 cm³/mol. The summed E-state index contributed by atoms with van der Waals surface area (Å²) in [5, 5.41) is 6.78. The summed E-state index contributed by atoms with van der Waals surface area (Å²) < 4.78 is 0. The lowest BCUT2D eigenvalue weighted by Gasteiger charge is -2.37. The van der Waals surface area contributed by atoms with Crippen molar-refractivity contribution < 1.29 is 4.79 Å². The summed E-state index contributed by atoms with van der Waals surface area (Å²) in [6.07, 6.45) is 6.27. The molecular formula is C18H34N4O. The Hall–Kier alpha value is -0.650. The van der Waals surface area contributed by atoms with Gasteiger partial charge in [0.1, 0.15) is 0 Å². The zero-order valence-electron chi connectivity index (χ0n) is 14.9. The van der Waals surface area contributed by atoms with Crippen LogP contribution in [0.3, 0.4) is 0 Å². The van der Waals surface area contributed by atoms with Gasteiger partial charge in [0, 0.05) is 44.8 Å². The van der Waals surface area contributed by atoms with Crippen molar-refractivity contribution in [3.63, 3.8) is 0 Å². The average Bonchev–Trinajstić information content (AvgIpc) is 3.03. The van der Waals surface area contributed by atoms with Crippen LogP contribution in [0, 0.1) is 5.92 Å². The Labute approximate surface area is 141 Å². The van der Waals surface area contributed by atoms with Gasteiger partial charge in [0.25, 0.3) is 0 Å². The molecule has 5 heteroatoms. The second-order valence-corrected chi connectivity index (χ2v) is 7.67. The summed E-state index contributed by atoms with van der Waals surface area (Å²) in [5.41, 5.74) is 0. The van der Waals surface area contributed by atoms with Crippen LogP contribution < -0.4 is 10.6 Å². The first-order valence-corrected chi connectivity index (χ1v) is 9.67. The molecule has 2 saturated heterocycles. The monoisotopic (exact) mass is 322 g/mol. The number of likely N-dealkylation sites (N-methyl/N-ethyl adjacent to an activating group) is 1. The van der Waals surface area contributed by atoms with Crippen LogP contribution in [0.1, 0.15) is 46.0 Å². The van der Waals surface area contributed by atoms with Gasteiger partial charge in [0.05, 0.1) is 6.04 Å². The molecule has 4 atom stereocenters. The fraction of sp³-hybridized carbons (Fsp3) is 0.944. The number of nitrogens with zero attached hydrogens (tertiary/aromatic N) is 2. The van der Waals surface area contributed by atoms with E-state index in [1.807, 2.05) is 0 Å². The number of fused-ring (bicyclic) bond motifs is 1. The highest BCUT2D eigenvalue weighted by atomic mass is 16.2. The van der Waals surface area contributed by atoms with Gasteiger partial charge in [-0.05, 0) is 38.6 Å². The highest BCUT2D eigenvalue weighted by Crippen LogP contribution is 2.33. The van der Waals surface area contributed by atoms with Crippen molar-refractivity contribution in [2.45, 2.75) is 64.1 Å². The van der Waals surface area contributed by atoms with E-state index in [0.29, 0.717) is 12.1 Å². The molecule has 5 nitrogen and oxygen atoms in total. The molecule has 3 fully saturated rings. The Morgan fingerprint density at radius 1 is 1.22 bits per heavy atom. The lowest BCUT2D eigenvalue weighted by Crippen LogP contribution is -2.53. The maximum Gasteiger partial charge on any atom is 0.237 e. The first kappa shape index (κ1) is 17.2. The normalized spacial score (nSPS) is 34.1. The van der Waals surface area contributed by atoms with E-state index < -0.39 is 0 Å². The zero-order chi connectivity index (χ0) is 16.2. The fourth-order valence-corrected chi connectivity index (χ4v) is 4.54. The van der Waals surface area contributed by atoms with E-state index in [2.05, 4.69) is 34.3 Å². The average molecular weight is 322 g/mol. The van der Waals surface area contributed by atoms with Crippen LogP contribution in [0.4, 0.5) is 0 Å².